The number of likely N-dealkylation sites (tertiary alicyclic amines) is 1. The molecule has 0 radical (unpaired) electrons. The van der Waals surface area contributed by atoms with Crippen molar-refractivity contribution < 1.29 is 27.9 Å². The fourth-order valence-electron chi connectivity index (χ4n) is 5.91. The maximum atomic E-state index is 13.6. The van der Waals surface area contributed by atoms with Gasteiger partial charge in [0, 0.05) is 72.4 Å². The van der Waals surface area contributed by atoms with Gasteiger partial charge < -0.3 is 15.0 Å². The lowest BCUT2D eigenvalue weighted by Gasteiger charge is -2.35. The van der Waals surface area contributed by atoms with Crippen LogP contribution in [0.25, 0.3) is 32.6 Å². The number of piperidine rings is 1. The van der Waals surface area contributed by atoms with Crippen LogP contribution in [0.4, 0.5) is 23.8 Å². The topological polar surface area (TPSA) is 142 Å². The van der Waals surface area contributed by atoms with Crippen LogP contribution >= 0.6 is 11.3 Å². The largest absolute Gasteiger partial charge is 0.477 e. The molecular formula is C33H30F3N7O4S. The number of carbonyl (C=O) groups is 2. The van der Waals surface area contributed by atoms with E-state index in [1.165, 1.54) is 24.5 Å². The number of aromatic carboxylic acids is 1. The number of hydrogen-bond donors (Lipinski definition) is 3. The SMILES string of the molecule is CCNC(=O)Nc1cc(-c2nc(C(F)(F)F)cs2)c(-c2ccc3c(c2)c(=O)c(C(=O)O)cn3C2CCCN(Cc3ccncc3)C2)cn1. The van der Waals surface area contributed by atoms with Crippen LogP contribution in [-0.4, -0.2) is 61.2 Å². The van der Waals surface area contributed by atoms with Crippen molar-refractivity contribution in [3.05, 3.63) is 93.6 Å². The molecule has 2 amide bonds. The Balaban J connectivity index is 1.44. The molecular weight excluding hydrogens is 647 g/mol. The van der Waals surface area contributed by atoms with Crippen LogP contribution < -0.4 is 16.1 Å². The zero-order valence-electron chi connectivity index (χ0n) is 25.6. The fourth-order valence-corrected chi connectivity index (χ4v) is 6.76. The highest BCUT2D eigenvalue weighted by Crippen LogP contribution is 2.39. The molecule has 0 saturated carbocycles. The number of urea groups is 1. The van der Waals surface area contributed by atoms with Gasteiger partial charge in [-0.15, -0.1) is 11.3 Å². The first-order valence-electron chi connectivity index (χ1n) is 15.1. The van der Waals surface area contributed by atoms with E-state index in [-0.39, 0.29) is 33.4 Å². The van der Waals surface area contributed by atoms with Gasteiger partial charge in [0.15, 0.2) is 5.69 Å². The molecule has 1 aliphatic rings. The lowest BCUT2D eigenvalue weighted by molar-refractivity contribution is -0.140. The summed E-state index contributed by atoms with van der Waals surface area (Å²) in [5, 5.41) is 16.2. The first-order valence-corrected chi connectivity index (χ1v) is 16.0. The number of fused-ring (bicyclic) bond motifs is 1. The Labute approximate surface area is 276 Å². The second-order valence-corrected chi connectivity index (χ2v) is 12.2. The summed E-state index contributed by atoms with van der Waals surface area (Å²) in [5.74, 6) is -1.29. The highest BCUT2D eigenvalue weighted by Gasteiger charge is 2.34. The molecule has 3 N–H and O–H groups in total. The van der Waals surface area contributed by atoms with E-state index in [4.69, 9.17) is 0 Å². The minimum atomic E-state index is -4.67. The van der Waals surface area contributed by atoms with Gasteiger partial charge in [-0.25, -0.2) is 19.6 Å². The molecule has 5 heterocycles. The fraction of sp³-hybridized carbons (Fsp3) is 0.273. The maximum Gasteiger partial charge on any atom is 0.434 e. The molecule has 6 rings (SSSR count). The van der Waals surface area contributed by atoms with Crippen molar-refractivity contribution in [2.24, 2.45) is 0 Å². The number of pyridine rings is 3. The first-order chi connectivity index (χ1) is 23.0. The zero-order chi connectivity index (χ0) is 34.0. The molecule has 11 nitrogen and oxygen atoms in total. The van der Waals surface area contributed by atoms with Gasteiger partial charge in [-0.3, -0.25) is 20.0 Å². The van der Waals surface area contributed by atoms with Crippen LogP contribution in [0.2, 0.25) is 0 Å². The van der Waals surface area contributed by atoms with Gasteiger partial charge in [0.25, 0.3) is 0 Å². The van der Waals surface area contributed by atoms with Crippen molar-refractivity contribution in [3.8, 4) is 21.7 Å². The Bertz CT molecular complexity index is 2050. The molecule has 248 valence electrons. The minimum Gasteiger partial charge on any atom is -0.477 e. The summed E-state index contributed by atoms with van der Waals surface area (Å²) in [4.78, 5) is 52.5. The average molecular weight is 678 g/mol. The molecule has 5 aromatic rings. The van der Waals surface area contributed by atoms with Crippen molar-refractivity contribution in [3.63, 3.8) is 0 Å². The number of carbonyl (C=O) groups excluding carboxylic acids is 1. The molecule has 48 heavy (non-hydrogen) atoms. The van der Waals surface area contributed by atoms with E-state index < -0.39 is 29.3 Å². The lowest BCUT2D eigenvalue weighted by Crippen LogP contribution is -2.37. The standard InChI is InChI=1S/C33H30F3N7O4S/c1-2-38-32(47)41-28-13-22(30-40-27(18-48-30)33(34,35)36)24(14-39-28)20-5-6-26-23(12-20)29(44)25(31(45)46)17-43(26)21-4-3-11-42(16-21)15-19-7-9-37-10-8-19/h5-10,12-14,17-18,21H,2-4,11,15-16H2,1H3,(H,45,46)(H2,38,39,41,47). The van der Waals surface area contributed by atoms with Gasteiger partial charge in [-0.05, 0) is 67.8 Å². The van der Waals surface area contributed by atoms with Crippen LogP contribution in [0.3, 0.4) is 0 Å². The van der Waals surface area contributed by atoms with Crippen molar-refractivity contribution in [2.45, 2.75) is 38.5 Å². The Kier molecular flexibility index (Phi) is 9.24. The van der Waals surface area contributed by atoms with Crippen molar-refractivity contribution in [1.29, 1.82) is 0 Å². The quantitative estimate of drug-likeness (QED) is 0.174. The van der Waals surface area contributed by atoms with Gasteiger partial charge in [0.05, 0.1) is 5.52 Å². The first kappa shape index (κ1) is 32.8. The number of halogens is 3. The van der Waals surface area contributed by atoms with Gasteiger partial charge in [0.1, 0.15) is 16.4 Å². The molecule has 0 aliphatic carbocycles. The number of hydrogen-bond acceptors (Lipinski definition) is 8. The number of nitrogens with one attached hydrogen (secondary N) is 2. The van der Waals surface area contributed by atoms with Crippen LogP contribution in [0.15, 0.2) is 71.4 Å². The predicted octanol–water partition coefficient (Wildman–Crippen LogP) is 6.28. The van der Waals surface area contributed by atoms with Crippen LogP contribution in [0.5, 0.6) is 0 Å². The van der Waals surface area contributed by atoms with E-state index in [9.17, 15) is 32.7 Å². The van der Waals surface area contributed by atoms with E-state index in [2.05, 4.69) is 30.5 Å². The number of rotatable bonds is 8. The van der Waals surface area contributed by atoms with Gasteiger partial charge in [0.2, 0.25) is 5.43 Å². The number of carboxylic acid groups (broad SMARTS) is 1. The predicted molar refractivity (Wildman–Crippen MR) is 175 cm³/mol. The molecule has 4 aromatic heterocycles. The normalized spacial score (nSPS) is 15.4. The summed E-state index contributed by atoms with van der Waals surface area (Å²) in [6.07, 6.45) is 3.22. The molecule has 0 spiro atoms. The Morgan fingerprint density at radius 1 is 1.12 bits per heavy atom. The summed E-state index contributed by atoms with van der Waals surface area (Å²) >= 11 is 0.772. The van der Waals surface area contributed by atoms with Gasteiger partial charge in [-0.1, -0.05) is 6.07 Å². The number of carboxylic acids is 1. The van der Waals surface area contributed by atoms with Crippen molar-refractivity contribution >= 4 is 40.1 Å². The van der Waals surface area contributed by atoms with Crippen LogP contribution in [0, 0.1) is 0 Å². The molecule has 1 aromatic carbocycles. The molecule has 1 saturated heterocycles. The highest BCUT2D eigenvalue weighted by molar-refractivity contribution is 7.13. The molecule has 1 atom stereocenters. The number of nitrogens with zero attached hydrogens (tertiary/aromatic N) is 5. The average Bonchev–Trinajstić information content (AvgIpc) is 3.57. The number of benzene rings is 1. The Morgan fingerprint density at radius 2 is 1.92 bits per heavy atom. The summed E-state index contributed by atoms with van der Waals surface area (Å²) in [6, 6.07) is 9.61. The third-order valence-electron chi connectivity index (χ3n) is 8.11. The van der Waals surface area contributed by atoms with Gasteiger partial charge >= 0.3 is 18.2 Å². The monoisotopic (exact) mass is 677 g/mol. The molecule has 15 heteroatoms. The summed E-state index contributed by atoms with van der Waals surface area (Å²) in [5.41, 5.74) is 0.486. The number of amides is 2. The van der Waals surface area contributed by atoms with Crippen molar-refractivity contribution in [2.75, 3.05) is 25.0 Å². The number of anilines is 1. The molecule has 1 aliphatic heterocycles. The maximum absolute atomic E-state index is 13.6. The number of alkyl halides is 3. The smallest absolute Gasteiger partial charge is 0.434 e. The summed E-state index contributed by atoms with van der Waals surface area (Å²) < 4.78 is 42.3. The minimum absolute atomic E-state index is 0.0203. The van der Waals surface area contributed by atoms with E-state index in [0.29, 0.717) is 36.3 Å². The second-order valence-electron chi connectivity index (χ2n) is 11.3. The van der Waals surface area contributed by atoms with Gasteiger partial charge in [-0.2, -0.15) is 13.2 Å². The molecule has 1 fully saturated rings. The van der Waals surface area contributed by atoms with Crippen molar-refractivity contribution in [1.82, 2.24) is 29.7 Å². The zero-order valence-corrected chi connectivity index (χ0v) is 26.4. The van der Waals surface area contributed by atoms with E-state index in [1.807, 2.05) is 16.7 Å². The lowest BCUT2D eigenvalue weighted by atomic mass is 9.98. The molecule has 1 unspecified atom stereocenters. The van der Waals surface area contributed by atoms with Crippen LogP contribution in [-0.2, 0) is 12.7 Å². The summed E-state index contributed by atoms with van der Waals surface area (Å²) in [6.45, 7) is 4.25. The van der Waals surface area contributed by atoms with E-state index in [0.717, 1.165) is 41.7 Å². The van der Waals surface area contributed by atoms with E-state index in [1.54, 1.807) is 31.5 Å². The number of aromatic nitrogens is 4. The third-order valence-corrected chi connectivity index (χ3v) is 8.99. The van der Waals surface area contributed by atoms with E-state index >= 15 is 0 Å². The second kappa shape index (κ2) is 13.5. The summed E-state index contributed by atoms with van der Waals surface area (Å²) in [7, 11) is 0. The molecule has 0 bridgehead atoms. The Morgan fingerprint density at radius 3 is 2.62 bits per heavy atom. The number of thiazole rings is 1. The third kappa shape index (κ3) is 6.92. The highest BCUT2D eigenvalue weighted by atomic mass is 32.1. The van der Waals surface area contributed by atoms with Crippen LogP contribution in [0.1, 0.15) is 47.4 Å². The Hall–Kier alpha value is -5.15.